The molecule has 0 spiro atoms. The third kappa shape index (κ3) is 3.32. The van der Waals surface area contributed by atoms with Crippen molar-refractivity contribution in [1.82, 2.24) is 24.3 Å². The molecule has 1 saturated carbocycles. The second-order valence-corrected chi connectivity index (χ2v) is 7.76. The maximum Gasteiger partial charge on any atom is 0.335 e. The fraction of sp³-hybridized carbons (Fsp3) is 0.238. The Morgan fingerprint density at radius 1 is 1.21 bits per heavy atom. The van der Waals surface area contributed by atoms with Crippen LogP contribution >= 0.6 is 0 Å². The van der Waals surface area contributed by atoms with Crippen LogP contribution in [0.2, 0.25) is 0 Å². The van der Waals surface area contributed by atoms with Crippen molar-refractivity contribution in [3.63, 3.8) is 0 Å². The fourth-order valence-corrected chi connectivity index (χ4v) is 3.80. The minimum Gasteiger partial charge on any atom is -0.501 e. The molecule has 12 nitrogen and oxygen atoms in total. The summed E-state index contributed by atoms with van der Waals surface area (Å²) >= 11 is 0. The number of carbonyl (C=O) groups excluding carboxylic acids is 1. The standard InChI is InChI=1S/C21H18N6O6/c1-26-17(25-15(16(28)20(26)30)19(29)23-11-8-22-33-9-11)18-24-13-6-5-10(21(31)32)7-14(13)27(18)12-3-2-4-12/h5-9,12,28H,2-4H2,1H3,(H,23,29)(H,31,32). The highest BCUT2D eigenvalue weighted by Gasteiger charge is 2.29. The van der Waals surface area contributed by atoms with Gasteiger partial charge in [0, 0.05) is 13.1 Å². The number of carboxylic acid groups (broad SMARTS) is 1. The number of amides is 1. The molecule has 0 atom stereocenters. The van der Waals surface area contributed by atoms with E-state index in [0.29, 0.717) is 16.9 Å². The molecule has 0 aliphatic heterocycles. The molecule has 12 heteroatoms. The summed E-state index contributed by atoms with van der Waals surface area (Å²) in [7, 11) is 1.42. The van der Waals surface area contributed by atoms with E-state index < -0.39 is 28.9 Å². The molecule has 5 rings (SSSR count). The first kappa shape index (κ1) is 20.4. The molecule has 1 fully saturated rings. The SMILES string of the molecule is Cn1c(-c2nc3ccc(C(=O)O)cc3n2C2CCC2)nc(C(=O)Nc2cnoc2)c(O)c1=O. The van der Waals surface area contributed by atoms with Crippen molar-refractivity contribution < 1.29 is 24.3 Å². The van der Waals surface area contributed by atoms with Gasteiger partial charge in [-0.25, -0.2) is 14.8 Å². The smallest absolute Gasteiger partial charge is 0.335 e. The van der Waals surface area contributed by atoms with Crippen molar-refractivity contribution in [1.29, 1.82) is 0 Å². The topological polar surface area (TPSA) is 165 Å². The van der Waals surface area contributed by atoms with Crippen molar-refractivity contribution in [3.05, 3.63) is 52.3 Å². The van der Waals surface area contributed by atoms with Gasteiger partial charge < -0.3 is 24.6 Å². The maximum atomic E-state index is 12.8. The van der Waals surface area contributed by atoms with Crippen molar-refractivity contribution in [2.75, 3.05) is 5.32 Å². The van der Waals surface area contributed by atoms with E-state index in [1.807, 2.05) is 4.57 Å². The van der Waals surface area contributed by atoms with E-state index in [2.05, 4.69) is 25.0 Å². The lowest BCUT2D eigenvalue weighted by molar-refractivity contribution is 0.0696. The molecule has 33 heavy (non-hydrogen) atoms. The van der Waals surface area contributed by atoms with Gasteiger partial charge in [-0.2, -0.15) is 0 Å². The van der Waals surface area contributed by atoms with Gasteiger partial charge >= 0.3 is 5.97 Å². The van der Waals surface area contributed by atoms with Crippen LogP contribution in [-0.2, 0) is 7.05 Å². The number of imidazole rings is 1. The summed E-state index contributed by atoms with van der Waals surface area (Å²) in [4.78, 5) is 45.9. The highest BCUT2D eigenvalue weighted by atomic mass is 16.5. The van der Waals surface area contributed by atoms with Gasteiger partial charge in [-0.1, -0.05) is 5.16 Å². The van der Waals surface area contributed by atoms with Gasteiger partial charge in [0.05, 0.1) is 22.8 Å². The highest BCUT2D eigenvalue weighted by Crippen LogP contribution is 2.38. The molecular formula is C21H18N6O6. The number of carboxylic acids is 1. The first-order valence-electron chi connectivity index (χ1n) is 10.1. The van der Waals surface area contributed by atoms with Crippen LogP contribution in [0, 0.1) is 0 Å². The molecule has 0 radical (unpaired) electrons. The summed E-state index contributed by atoms with van der Waals surface area (Å²) in [6.45, 7) is 0. The van der Waals surface area contributed by atoms with Gasteiger partial charge in [0.2, 0.25) is 5.75 Å². The number of aromatic nitrogens is 5. The zero-order chi connectivity index (χ0) is 23.3. The van der Waals surface area contributed by atoms with Crippen LogP contribution in [0.1, 0.15) is 46.2 Å². The van der Waals surface area contributed by atoms with E-state index in [0.717, 1.165) is 23.8 Å². The predicted molar refractivity (Wildman–Crippen MR) is 114 cm³/mol. The zero-order valence-electron chi connectivity index (χ0n) is 17.3. The number of rotatable bonds is 5. The first-order chi connectivity index (χ1) is 15.8. The van der Waals surface area contributed by atoms with E-state index in [4.69, 9.17) is 0 Å². The number of carbonyl (C=O) groups is 2. The van der Waals surface area contributed by atoms with Gasteiger partial charge in [0.25, 0.3) is 11.5 Å². The van der Waals surface area contributed by atoms with Gasteiger partial charge in [-0.05, 0) is 37.5 Å². The Balaban J connectivity index is 1.71. The predicted octanol–water partition coefficient (Wildman–Crippen LogP) is 2.17. The summed E-state index contributed by atoms with van der Waals surface area (Å²) in [6, 6.07) is 4.61. The minimum absolute atomic E-state index is 0.0361. The monoisotopic (exact) mass is 450 g/mol. The van der Waals surface area contributed by atoms with Crippen molar-refractivity contribution in [3.8, 4) is 17.4 Å². The quantitative estimate of drug-likeness (QED) is 0.413. The molecule has 0 unspecified atom stereocenters. The first-order valence-corrected chi connectivity index (χ1v) is 10.1. The van der Waals surface area contributed by atoms with Gasteiger partial charge in [-0.3, -0.25) is 14.2 Å². The average Bonchev–Trinajstić information content (AvgIpc) is 3.39. The Morgan fingerprint density at radius 2 is 2.00 bits per heavy atom. The Morgan fingerprint density at radius 3 is 2.64 bits per heavy atom. The second-order valence-electron chi connectivity index (χ2n) is 7.76. The van der Waals surface area contributed by atoms with Crippen LogP contribution in [-0.4, -0.2) is 46.3 Å². The second kappa shape index (κ2) is 7.58. The Kier molecular flexibility index (Phi) is 4.69. The van der Waals surface area contributed by atoms with Crippen LogP contribution in [0.3, 0.4) is 0 Å². The largest absolute Gasteiger partial charge is 0.501 e. The van der Waals surface area contributed by atoms with Crippen molar-refractivity contribution >= 4 is 28.6 Å². The Hall–Kier alpha value is -4.48. The molecule has 0 saturated heterocycles. The van der Waals surface area contributed by atoms with Crippen LogP contribution in [0.4, 0.5) is 5.69 Å². The lowest BCUT2D eigenvalue weighted by Crippen LogP contribution is -2.27. The number of hydrogen-bond acceptors (Lipinski definition) is 8. The molecular weight excluding hydrogens is 432 g/mol. The highest BCUT2D eigenvalue weighted by molar-refractivity contribution is 6.04. The number of anilines is 1. The number of nitrogens with one attached hydrogen (secondary N) is 1. The molecule has 1 amide bonds. The van der Waals surface area contributed by atoms with Crippen LogP contribution in [0.5, 0.6) is 5.75 Å². The molecule has 3 heterocycles. The number of hydrogen-bond donors (Lipinski definition) is 3. The summed E-state index contributed by atoms with van der Waals surface area (Å²) in [5, 5.41) is 25.7. The van der Waals surface area contributed by atoms with Gasteiger partial charge in [0.1, 0.15) is 12.0 Å². The van der Waals surface area contributed by atoms with E-state index in [-0.39, 0.29) is 23.1 Å². The molecule has 1 aliphatic rings. The number of aromatic hydroxyl groups is 1. The van der Waals surface area contributed by atoms with Crippen molar-refractivity contribution in [2.45, 2.75) is 25.3 Å². The van der Waals surface area contributed by atoms with Crippen molar-refractivity contribution in [2.24, 2.45) is 7.05 Å². The summed E-state index contributed by atoms with van der Waals surface area (Å²) in [5.74, 6) is -2.34. The Bertz CT molecular complexity index is 1460. The number of fused-ring (bicyclic) bond motifs is 1. The lowest BCUT2D eigenvalue weighted by atomic mass is 9.92. The number of nitrogens with zero attached hydrogens (tertiary/aromatic N) is 5. The van der Waals surface area contributed by atoms with Gasteiger partial charge in [-0.15, -0.1) is 0 Å². The molecule has 3 N–H and O–H groups in total. The molecule has 168 valence electrons. The van der Waals surface area contributed by atoms with Crippen LogP contribution in [0.25, 0.3) is 22.7 Å². The molecule has 0 bridgehead atoms. The van der Waals surface area contributed by atoms with E-state index in [1.54, 1.807) is 6.07 Å². The van der Waals surface area contributed by atoms with E-state index >= 15 is 0 Å². The normalized spacial score (nSPS) is 13.7. The fourth-order valence-electron chi connectivity index (χ4n) is 3.80. The zero-order valence-corrected chi connectivity index (χ0v) is 17.3. The molecule has 3 aromatic heterocycles. The van der Waals surface area contributed by atoms with E-state index in [1.165, 1.54) is 31.6 Å². The van der Waals surface area contributed by atoms with Gasteiger partial charge in [0.15, 0.2) is 17.3 Å². The number of aromatic carboxylic acids is 1. The third-order valence-electron chi connectivity index (χ3n) is 5.75. The third-order valence-corrected chi connectivity index (χ3v) is 5.75. The summed E-state index contributed by atoms with van der Waals surface area (Å²) in [5.41, 5.74) is 0.149. The van der Waals surface area contributed by atoms with Crippen LogP contribution < -0.4 is 10.9 Å². The average molecular weight is 450 g/mol. The lowest BCUT2D eigenvalue weighted by Gasteiger charge is -2.29. The van der Waals surface area contributed by atoms with Crippen LogP contribution in [0.15, 0.2) is 40.0 Å². The number of benzene rings is 1. The Labute approximate surface area is 185 Å². The maximum absolute atomic E-state index is 12.8. The van der Waals surface area contributed by atoms with E-state index in [9.17, 15) is 24.6 Å². The summed E-state index contributed by atoms with van der Waals surface area (Å²) < 4.78 is 7.63. The minimum atomic E-state index is -1.07. The molecule has 1 aliphatic carbocycles. The molecule has 4 aromatic rings. The summed E-state index contributed by atoms with van der Waals surface area (Å²) in [6.07, 6.45) is 5.14. The molecule has 1 aromatic carbocycles.